The van der Waals surface area contributed by atoms with Crippen molar-refractivity contribution in [1.29, 1.82) is 0 Å². The van der Waals surface area contributed by atoms with Crippen LogP contribution in [0.15, 0.2) is 24.5 Å². The van der Waals surface area contributed by atoms with Crippen LogP contribution < -0.4 is 15.4 Å². The van der Waals surface area contributed by atoms with Gasteiger partial charge in [-0.05, 0) is 77.9 Å². The number of aromatic nitrogens is 2. The van der Waals surface area contributed by atoms with E-state index >= 15 is 0 Å². The fourth-order valence-electron chi connectivity index (χ4n) is 4.07. The molecule has 0 saturated carbocycles. The Kier molecular flexibility index (Phi) is 10.6. The van der Waals surface area contributed by atoms with E-state index in [2.05, 4.69) is 32.4 Å². The van der Waals surface area contributed by atoms with Crippen LogP contribution in [0.2, 0.25) is 0 Å². The molecule has 1 aromatic carbocycles. The fraction of sp³-hybridized carbons (Fsp3) is 0.519. The first-order chi connectivity index (χ1) is 17.7. The molecule has 0 aliphatic heterocycles. The Morgan fingerprint density at radius 2 is 2.03 bits per heavy atom. The van der Waals surface area contributed by atoms with Crippen molar-refractivity contribution in [2.24, 2.45) is 0 Å². The van der Waals surface area contributed by atoms with Crippen LogP contribution in [0.3, 0.4) is 0 Å². The topological polar surface area (TPSA) is 88.6 Å². The summed E-state index contributed by atoms with van der Waals surface area (Å²) in [7, 11) is 5.72. The Balaban J connectivity index is 1.80. The quantitative estimate of drug-likeness (QED) is 0.264. The van der Waals surface area contributed by atoms with E-state index in [1.807, 2.05) is 27.9 Å². The van der Waals surface area contributed by atoms with Gasteiger partial charge in [-0.15, -0.1) is 11.3 Å². The maximum atomic E-state index is 14.1. The molecule has 2 N–H and O–H groups in total. The van der Waals surface area contributed by atoms with Crippen molar-refractivity contribution >= 4 is 39.0 Å². The van der Waals surface area contributed by atoms with E-state index < -0.39 is 0 Å². The molecule has 10 heteroatoms. The third-order valence-corrected chi connectivity index (χ3v) is 7.41. The van der Waals surface area contributed by atoms with Gasteiger partial charge in [0.25, 0.3) is 5.91 Å². The average Bonchev–Trinajstić information content (AvgIpc) is 3.21. The van der Waals surface area contributed by atoms with Crippen molar-refractivity contribution in [1.82, 2.24) is 20.2 Å². The summed E-state index contributed by atoms with van der Waals surface area (Å²) >= 11 is 1.34. The van der Waals surface area contributed by atoms with Crippen LogP contribution in [0.25, 0.3) is 10.2 Å². The van der Waals surface area contributed by atoms with Gasteiger partial charge in [-0.25, -0.2) is 14.4 Å². The molecule has 0 radical (unpaired) electrons. The number of hydrogen-bond acceptors (Lipinski definition) is 8. The highest BCUT2D eigenvalue weighted by atomic mass is 32.1. The van der Waals surface area contributed by atoms with Gasteiger partial charge in [0.05, 0.1) is 28.2 Å². The van der Waals surface area contributed by atoms with Gasteiger partial charge in [0, 0.05) is 19.7 Å². The third-order valence-electron chi connectivity index (χ3n) is 6.21. The fourth-order valence-corrected chi connectivity index (χ4v) is 5.13. The molecule has 0 spiro atoms. The minimum Gasteiger partial charge on any atom is -0.488 e. The number of nitrogens with zero attached hydrogens (tertiary/aromatic N) is 3. The SMILES string of the molecule is CCC(CCC(C)Oc1cc(F)ccc1Nc1ncnc2sc(C(=O)NCCCN(C)C)c(C)c12)OC. The lowest BCUT2D eigenvalue weighted by Gasteiger charge is -2.20. The summed E-state index contributed by atoms with van der Waals surface area (Å²) in [5.41, 5.74) is 1.39. The largest absolute Gasteiger partial charge is 0.488 e. The highest BCUT2D eigenvalue weighted by Gasteiger charge is 2.20. The van der Waals surface area contributed by atoms with Crippen LogP contribution in [0.5, 0.6) is 5.75 Å². The van der Waals surface area contributed by atoms with Crippen LogP contribution >= 0.6 is 11.3 Å². The number of rotatable bonds is 14. The number of hydrogen-bond donors (Lipinski definition) is 2. The molecule has 0 saturated heterocycles. The van der Waals surface area contributed by atoms with Gasteiger partial charge in [0.2, 0.25) is 0 Å². The summed E-state index contributed by atoms with van der Waals surface area (Å²) in [5, 5.41) is 7.06. The zero-order valence-corrected chi connectivity index (χ0v) is 23.4. The van der Waals surface area contributed by atoms with Crippen LogP contribution in [0.1, 0.15) is 54.8 Å². The van der Waals surface area contributed by atoms with Crippen molar-refractivity contribution in [3.05, 3.63) is 40.8 Å². The Labute approximate surface area is 222 Å². The molecule has 1 amide bonds. The summed E-state index contributed by atoms with van der Waals surface area (Å²) in [4.78, 5) is 25.1. The molecule has 0 fully saturated rings. The molecule has 0 bridgehead atoms. The predicted octanol–water partition coefficient (Wildman–Crippen LogP) is 5.54. The van der Waals surface area contributed by atoms with E-state index in [-0.39, 0.29) is 23.9 Å². The number of anilines is 2. The first-order valence-corrected chi connectivity index (χ1v) is 13.5. The Morgan fingerprint density at radius 3 is 2.73 bits per heavy atom. The van der Waals surface area contributed by atoms with Crippen molar-refractivity contribution in [3.8, 4) is 5.75 Å². The maximum absolute atomic E-state index is 14.1. The van der Waals surface area contributed by atoms with Gasteiger partial charge >= 0.3 is 0 Å². The third kappa shape index (κ3) is 7.83. The molecule has 2 heterocycles. The van der Waals surface area contributed by atoms with E-state index in [9.17, 15) is 9.18 Å². The Morgan fingerprint density at radius 1 is 1.24 bits per heavy atom. The number of benzene rings is 1. The molecule has 2 atom stereocenters. The highest BCUT2D eigenvalue weighted by Crippen LogP contribution is 2.36. The molecule has 37 heavy (non-hydrogen) atoms. The van der Waals surface area contributed by atoms with Crippen LogP contribution in [0.4, 0.5) is 15.9 Å². The van der Waals surface area contributed by atoms with Crippen LogP contribution in [-0.2, 0) is 4.74 Å². The number of ether oxygens (including phenoxy) is 2. The average molecular weight is 532 g/mol. The Bertz CT molecular complexity index is 1180. The summed E-state index contributed by atoms with van der Waals surface area (Å²) in [6.07, 6.45) is 4.92. The zero-order valence-electron chi connectivity index (χ0n) is 22.6. The normalized spacial score (nSPS) is 13.1. The lowest BCUT2D eigenvalue weighted by Crippen LogP contribution is -2.26. The predicted molar refractivity (Wildman–Crippen MR) is 148 cm³/mol. The minimum absolute atomic E-state index is 0.119. The summed E-state index contributed by atoms with van der Waals surface area (Å²) in [6.45, 7) is 7.44. The molecule has 0 aliphatic carbocycles. The number of methoxy groups -OCH3 is 1. The molecule has 3 rings (SSSR count). The summed E-state index contributed by atoms with van der Waals surface area (Å²) < 4.78 is 25.7. The number of nitrogens with one attached hydrogen (secondary N) is 2. The second kappa shape index (κ2) is 13.6. The van der Waals surface area contributed by atoms with E-state index in [1.165, 1.54) is 29.8 Å². The summed E-state index contributed by atoms with van der Waals surface area (Å²) in [5.74, 6) is 0.437. The van der Waals surface area contributed by atoms with Crippen molar-refractivity contribution in [3.63, 3.8) is 0 Å². The van der Waals surface area contributed by atoms with E-state index in [4.69, 9.17) is 9.47 Å². The van der Waals surface area contributed by atoms with E-state index in [1.54, 1.807) is 13.2 Å². The molecule has 2 aromatic heterocycles. The molecular weight excluding hydrogens is 493 g/mol. The monoisotopic (exact) mass is 531 g/mol. The van der Waals surface area contributed by atoms with Crippen LogP contribution in [0, 0.1) is 12.7 Å². The molecule has 202 valence electrons. The number of halogens is 1. The van der Waals surface area contributed by atoms with E-state index in [0.29, 0.717) is 33.5 Å². The molecule has 0 aliphatic rings. The molecule has 3 aromatic rings. The highest BCUT2D eigenvalue weighted by molar-refractivity contribution is 7.20. The number of thiophene rings is 1. The number of fused-ring (bicyclic) bond motifs is 1. The minimum atomic E-state index is -0.385. The standard InChI is InChI=1S/C27H38FN5O3S/c1-7-20(35-6)11-9-17(2)36-22-15-19(28)10-12-21(22)32-25-23-18(3)24(37-27(23)31-16-30-25)26(34)29-13-8-14-33(4)5/h10,12,15-17,20H,7-9,11,13-14H2,1-6H3,(H,29,34)(H,30,31,32). The summed E-state index contributed by atoms with van der Waals surface area (Å²) in [6, 6.07) is 4.39. The second-order valence-electron chi connectivity index (χ2n) is 9.41. The molecular formula is C27H38FN5O3S. The maximum Gasteiger partial charge on any atom is 0.261 e. The van der Waals surface area contributed by atoms with Crippen molar-refractivity contribution in [2.45, 2.75) is 58.7 Å². The Hall–Kier alpha value is -2.82. The smallest absolute Gasteiger partial charge is 0.261 e. The first kappa shape index (κ1) is 28.7. The van der Waals surface area contributed by atoms with Gasteiger partial charge in [0.1, 0.15) is 28.5 Å². The second-order valence-corrected chi connectivity index (χ2v) is 10.4. The van der Waals surface area contributed by atoms with E-state index in [0.717, 1.165) is 43.2 Å². The van der Waals surface area contributed by atoms with Crippen LogP contribution in [-0.4, -0.2) is 67.3 Å². The van der Waals surface area contributed by atoms with Gasteiger partial charge in [-0.1, -0.05) is 6.92 Å². The molecule has 2 unspecified atom stereocenters. The van der Waals surface area contributed by atoms with Gasteiger partial charge in [0.15, 0.2) is 0 Å². The molecule has 8 nitrogen and oxygen atoms in total. The van der Waals surface area contributed by atoms with Crippen molar-refractivity contribution in [2.75, 3.05) is 39.6 Å². The lowest BCUT2D eigenvalue weighted by molar-refractivity contribution is 0.0780. The lowest BCUT2D eigenvalue weighted by atomic mass is 10.1. The van der Waals surface area contributed by atoms with Gasteiger partial charge in [-0.2, -0.15) is 0 Å². The number of aryl methyl sites for hydroxylation is 1. The number of amides is 1. The number of carbonyl (C=O) groups is 1. The first-order valence-electron chi connectivity index (χ1n) is 12.7. The van der Waals surface area contributed by atoms with Crippen molar-refractivity contribution < 1.29 is 18.7 Å². The van der Waals surface area contributed by atoms with Gasteiger partial charge in [-0.3, -0.25) is 4.79 Å². The zero-order chi connectivity index (χ0) is 26.9. The number of carbonyl (C=O) groups excluding carboxylic acids is 1. The van der Waals surface area contributed by atoms with Gasteiger partial charge < -0.3 is 25.0 Å².